The summed E-state index contributed by atoms with van der Waals surface area (Å²) in [6.45, 7) is 6.51. The Bertz CT molecular complexity index is 270. The van der Waals surface area contributed by atoms with E-state index in [2.05, 4.69) is 5.32 Å². The minimum atomic E-state index is -0.800. The van der Waals surface area contributed by atoms with E-state index in [0.29, 0.717) is 6.54 Å². The summed E-state index contributed by atoms with van der Waals surface area (Å²) in [5.41, 5.74) is 0. The van der Waals surface area contributed by atoms with Crippen molar-refractivity contribution in [2.24, 2.45) is 0 Å². The fourth-order valence-corrected chi connectivity index (χ4v) is 2.19. The first-order valence-corrected chi connectivity index (χ1v) is 6.94. The highest BCUT2D eigenvalue weighted by Gasteiger charge is 2.33. The number of amides is 1. The van der Waals surface area contributed by atoms with E-state index in [-0.39, 0.29) is 23.4 Å². The molecule has 0 aromatic carbocycles. The van der Waals surface area contributed by atoms with Gasteiger partial charge in [-0.3, -0.25) is 14.3 Å². The van der Waals surface area contributed by atoms with Gasteiger partial charge in [-0.25, -0.2) is 0 Å². The van der Waals surface area contributed by atoms with Crippen LogP contribution in [-0.4, -0.2) is 45.3 Å². The SMILES string of the molecule is CC1NC(C)N(CCC(C)S(C)=O)C1=O. The van der Waals surface area contributed by atoms with E-state index in [9.17, 15) is 9.00 Å². The number of nitrogens with zero attached hydrogens (tertiary/aromatic N) is 1. The van der Waals surface area contributed by atoms with Crippen LogP contribution < -0.4 is 5.32 Å². The maximum absolute atomic E-state index is 11.7. The number of hydrogen-bond acceptors (Lipinski definition) is 3. The molecule has 0 aliphatic carbocycles. The van der Waals surface area contributed by atoms with Crippen LogP contribution in [0.3, 0.4) is 0 Å². The Morgan fingerprint density at radius 3 is 2.53 bits per heavy atom. The van der Waals surface area contributed by atoms with E-state index in [1.54, 1.807) is 6.26 Å². The largest absolute Gasteiger partial charge is 0.326 e. The number of hydrogen-bond donors (Lipinski definition) is 1. The van der Waals surface area contributed by atoms with Crippen molar-refractivity contribution in [1.29, 1.82) is 0 Å². The molecule has 0 aromatic heterocycles. The van der Waals surface area contributed by atoms with Gasteiger partial charge in [-0.1, -0.05) is 6.92 Å². The van der Waals surface area contributed by atoms with Crippen molar-refractivity contribution < 1.29 is 9.00 Å². The minimum Gasteiger partial charge on any atom is -0.326 e. The zero-order valence-corrected chi connectivity index (χ0v) is 10.6. The van der Waals surface area contributed by atoms with Crippen LogP contribution in [0, 0.1) is 0 Å². The van der Waals surface area contributed by atoms with Gasteiger partial charge in [0.15, 0.2) is 0 Å². The Morgan fingerprint density at radius 2 is 2.13 bits per heavy atom. The molecule has 15 heavy (non-hydrogen) atoms. The summed E-state index contributed by atoms with van der Waals surface area (Å²) in [7, 11) is -0.800. The molecule has 1 aliphatic rings. The molecular formula is C10H20N2O2S. The molecule has 0 bridgehead atoms. The van der Waals surface area contributed by atoms with Crippen LogP contribution >= 0.6 is 0 Å². The molecule has 1 saturated heterocycles. The Kier molecular flexibility index (Phi) is 4.28. The monoisotopic (exact) mass is 232 g/mol. The molecule has 1 amide bonds. The van der Waals surface area contributed by atoms with Crippen LogP contribution in [0.1, 0.15) is 27.2 Å². The van der Waals surface area contributed by atoms with E-state index >= 15 is 0 Å². The number of carbonyl (C=O) groups excluding carboxylic acids is 1. The summed E-state index contributed by atoms with van der Waals surface area (Å²) >= 11 is 0. The van der Waals surface area contributed by atoms with Crippen molar-refractivity contribution in [1.82, 2.24) is 10.2 Å². The third kappa shape index (κ3) is 3.01. The van der Waals surface area contributed by atoms with Crippen molar-refractivity contribution in [2.45, 2.75) is 44.6 Å². The van der Waals surface area contributed by atoms with Gasteiger partial charge in [0, 0.05) is 28.9 Å². The first-order chi connectivity index (χ1) is 6.93. The topological polar surface area (TPSA) is 49.4 Å². The zero-order valence-electron chi connectivity index (χ0n) is 9.82. The molecule has 88 valence electrons. The van der Waals surface area contributed by atoms with Crippen LogP contribution in [0.2, 0.25) is 0 Å². The van der Waals surface area contributed by atoms with Gasteiger partial charge in [0.2, 0.25) is 5.91 Å². The maximum atomic E-state index is 11.7. The highest BCUT2D eigenvalue weighted by atomic mass is 32.2. The van der Waals surface area contributed by atoms with Crippen molar-refractivity contribution in [2.75, 3.05) is 12.8 Å². The normalized spacial score (nSPS) is 30.7. The molecule has 1 fully saturated rings. The third-order valence-corrected chi connectivity index (χ3v) is 4.32. The van der Waals surface area contributed by atoms with Gasteiger partial charge in [-0.15, -0.1) is 0 Å². The van der Waals surface area contributed by atoms with E-state index in [1.807, 2.05) is 25.7 Å². The van der Waals surface area contributed by atoms with Crippen LogP contribution in [0.25, 0.3) is 0 Å². The fourth-order valence-electron chi connectivity index (χ4n) is 1.75. The quantitative estimate of drug-likeness (QED) is 0.759. The highest BCUT2D eigenvalue weighted by Crippen LogP contribution is 2.12. The number of rotatable bonds is 4. The molecule has 4 unspecified atom stereocenters. The Labute approximate surface area is 93.9 Å². The predicted molar refractivity (Wildman–Crippen MR) is 61.9 cm³/mol. The summed E-state index contributed by atoms with van der Waals surface area (Å²) in [6, 6.07) is -0.0811. The smallest absolute Gasteiger partial charge is 0.240 e. The Morgan fingerprint density at radius 1 is 1.53 bits per heavy atom. The van der Waals surface area contributed by atoms with E-state index < -0.39 is 10.8 Å². The molecule has 1 aliphatic heterocycles. The second kappa shape index (κ2) is 5.07. The van der Waals surface area contributed by atoms with E-state index in [4.69, 9.17) is 0 Å². The Hall–Kier alpha value is -0.420. The second-order valence-electron chi connectivity index (χ2n) is 4.19. The molecule has 0 spiro atoms. The lowest BCUT2D eigenvalue weighted by molar-refractivity contribution is -0.129. The molecule has 4 atom stereocenters. The first-order valence-electron chi connectivity index (χ1n) is 5.32. The molecular weight excluding hydrogens is 212 g/mol. The summed E-state index contributed by atoms with van der Waals surface area (Å²) < 4.78 is 11.2. The van der Waals surface area contributed by atoms with Crippen molar-refractivity contribution in [3.63, 3.8) is 0 Å². The fraction of sp³-hybridized carbons (Fsp3) is 0.900. The van der Waals surface area contributed by atoms with Gasteiger partial charge in [-0.05, 0) is 20.3 Å². The van der Waals surface area contributed by atoms with Crippen LogP contribution in [0.5, 0.6) is 0 Å². The summed E-state index contributed by atoms with van der Waals surface area (Å²) in [4.78, 5) is 13.5. The Balaban J connectivity index is 2.45. The lowest BCUT2D eigenvalue weighted by Gasteiger charge is -2.22. The molecule has 0 radical (unpaired) electrons. The summed E-state index contributed by atoms with van der Waals surface area (Å²) in [5, 5.41) is 3.32. The summed E-state index contributed by atoms with van der Waals surface area (Å²) in [5.74, 6) is 0.150. The van der Waals surface area contributed by atoms with Crippen molar-refractivity contribution in [3.05, 3.63) is 0 Å². The van der Waals surface area contributed by atoms with E-state index in [1.165, 1.54) is 0 Å². The van der Waals surface area contributed by atoms with Crippen LogP contribution in [0.15, 0.2) is 0 Å². The van der Waals surface area contributed by atoms with Gasteiger partial charge in [0.05, 0.1) is 12.2 Å². The van der Waals surface area contributed by atoms with Gasteiger partial charge < -0.3 is 4.90 Å². The van der Waals surface area contributed by atoms with Crippen LogP contribution in [-0.2, 0) is 15.6 Å². The molecule has 1 N–H and O–H groups in total. The molecule has 0 aromatic rings. The molecule has 4 nitrogen and oxygen atoms in total. The summed E-state index contributed by atoms with van der Waals surface area (Å²) in [6.07, 6.45) is 2.61. The highest BCUT2D eigenvalue weighted by molar-refractivity contribution is 7.84. The zero-order chi connectivity index (χ0) is 11.6. The van der Waals surface area contributed by atoms with Crippen LogP contribution in [0.4, 0.5) is 0 Å². The lowest BCUT2D eigenvalue weighted by atomic mass is 10.3. The predicted octanol–water partition coefficient (Wildman–Crippen LogP) is 0.310. The molecule has 1 heterocycles. The lowest BCUT2D eigenvalue weighted by Crippen LogP contribution is -2.36. The van der Waals surface area contributed by atoms with Gasteiger partial charge in [-0.2, -0.15) is 0 Å². The number of nitrogens with one attached hydrogen (secondary N) is 1. The van der Waals surface area contributed by atoms with Gasteiger partial charge in [0.25, 0.3) is 0 Å². The van der Waals surface area contributed by atoms with E-state index in [0.717, 1.165) is 6.42 Å². The van der Waals surface area contributed by atoms with Gasteiger partial charge in [0.1, 0.15) is 0 Å². The van der Waals surface area contributed by atoms with Crippen molar-refractivity contribution >= 4 is 16.7 Å². The third-order valence-electron chi connectivity index (χ3n) is 2.96. The standard InChI is InChI=1S/C10H20N2O2S/c1-7(15(4)14)5-6-12-9(3)11-8(2)10(12)13/h7-9,11H,5-6H2,1-4H3. The molecule has 5 heteroatoms. The average molecular weight is 232 g/mol. The average Bonchev–Trinajstić information content (AvgIpc) is 2.38. The second-order valence-corrected chi connectivity index (χ2v) is 6.00. The maximum Gasteiger partial charge on any atom is 0.240 e. The minimum absolute atomic E-state index is 0.0811. The molecule has 0 saturated carbocycles. The molecule has 1 rings (SSSR count). The number of carbonyl (C=O) groups is 1. The first kappa shape index (κ1) is 12.6. The van der Waals surface area contributed by atoms with Crippen molar-refractivity contribution in [3.8, 4) is 0 Å². The van der Waals surface area contributed by atoms with Gasteiger partial charge >= 0.3 is 0 Å².